The largest absolute Gasteiger partial charge is 0.406 e. The Morgan fingerprint density at radius 3 is 2.55 bits per heavy atom. The summed E-state index contributed by atoms with van der Waals surface area (Å²) in [6.45, 7) is 4.21. The van der Waals surface area contributed by atoms with Crippen molar-refractivity contribution in [3.05, 3.63) is 0 Å². The van der Waals surface area contributed by atoms with Gasteiger partial charge in [-0.05, 0) is 12.8 Å². The SMILES string of the molecule is BNC(=O)C(CC)CCCC. The predicted molar refractivity (Wildman–Crippen MR) is 50.0 cm³/mol. The fraction of sp³-hybridized carbons (Fsp3) is 0.875. The summed E-state index contributed by atoms with van der Waals surface area (Å²) in [5, 5.41) is 2.69. The van der Waals surface area contributed by atoms with Crippen LogP contribution in [0.4, 0.5) is 0 Å². The van der Waals surface area contributed by atoms with E-state index in [1.807, 2.05) is 0 Å². The van der Waals surface area contributed by atoms with E-state index in [0.717, 1.165) is 19.3 Å². The Hall–Kier alpha value is -0.465. The van der Waals surface area contributed by atoms with Crippen molar-refractivity contribution in [3.8, 4) is 0 Å². The fourth-order valence-corrected chi connectivity index (χ4v) is 1.18. The van der Waals surface area contributed by atoms with Gasteiger partial charge in [0.25, 0.3) is 0 Å². The summed E-state index contributed by atoms with van der Waals surface area (Å²) in [5.41, 5.74) is 0. The topological polar surface area (TPSA) is 29.1 Å². The smallest absolute Gasteiger partial charge is 0.217 e. The second-order valence-electron chi connectivity index (χ2n) is 2.86. The molecule has 0 saturated carbocycles. The summed E-state index contributed by atoms with van der Waals surface area (Å²) >= 11 is 0. The Balaban J connectivity index is 3.65. The van der Waals surface area contributed by atoms with Gasteiger partial charge in [-0.3, -0.25) is 4.79 Å². The molecule has 0 bridgehead atoms. The van der Waals surface area contributed by atoms with E-state index in [0.29, 0.717) is 0 Å². The number of hydrogen-bond donors (Lipinski definition) is 1. The van der Waals surface area contributed by atoms with E-state index in [1.54, 1.807) is 7.98 Å². The van der Waals surface area contributed by atoms with Gasteiger partial charge in [-0.2, -0.15) is 0 Å². The lowest BCUT2D eigenvalue weighted by Crippen LogP contribution is -2.27. The van der Waals surface area contributed by atoms with E-state index in [2.05, 4.69) is 19.1 Å². The van der Waals surface area contributed by atoms with E-state index in [9.17, 15) is 4.79 Å². The van der Waals surface area contributed by atoms with Crippen LogP contribution in [0.15, 0.2) is 0 Å². The van der Waals surface area contributed by atoms with Gasteiger partial charge < -0.3 is 5.23 Å². The van der Waals surface area contributed by atoms with Gasteiger partial charge in [0.15, 0.2) is 0 Å². The number of hydrogen-bond acceptors (Lipinski definition) is 1. The molecule has 64 valence electrons. The van der Waals surface area contributed by atoms with Crippen molar-refractivity contribution in [3.63, 3.8) is 0 Å². The Morgan fingerprint density at radius 1 is 1.55 bits per heavy atom. The van der Waals surface area contributed by atoms with Crippen molar-refractivity contribution in [1.82, 2.24) is 5.23 Å². The van der Waals surface area contributed by atoms with Gasteiger partial charge in [0.2, 0.25) is 13.9 Å². The standard InChI is InChI=1S/C8H18BNO/c1-3-5-6-7(4-2)8(11)10-9/h7H,3-6,9H2,1-2H3,(H,10,11). The third-order valence-corrected chi connectivity index (χ3v) is 2.02. The fourth-order valence-electron chi connectivity index (χ4n) is 1.18. The van der Waals surface area contributed by atoms with Crippen LogP contribution < -0.4 is 5.23 Å². The number of carbonyl (C=O) groups is 1. The quantitative estimate of drug-likeness (QED) is 0.586. The molecule has 0 aromatic rings. The number of unbranched alkanes of at least 4 members (excludes halogenated alkanes) is 1. The summed E-state index contributed by atoms with van der Waals surface area (Å²) in [6, 6.07) is 0. The molecular formula is C8H18BNO. The molecule has 1 atom stereocenters. The molecule has 3 heteroatoms. The van der Waals surface area contributed by atoms with Crippen LogP contribution in [-0.2, 0) is 4.79 Å². The van der Waals surface area contributed by atoms with Crippen molar-refractivity contribution < 1.29 is 4.79 Å². The van der Waals surface area contributed by atoms with Gasteiger partial charge in [-0.1, -0.05) is 26.7 Å². The minimum atomic E-state index is 0.195. The maximum absolute atomic E-state index is 11.1. The maximum atomic E-state index is 11.1. The van der Waals surface area contributed by atoms with Crippen LogP contribution in [0.25, 0.3) is 0 Å². The van der Waals surface area contributed by atoms with Gasteiger partial charge in [-0.15, -0.1) is 0 Å². The molecule has 0 aliphatic carbocycles. The van der Waals surface area contributed by atoms with Crippen LogP contribution in [0.3, 0.4) is 0 Å². The van der Waals surface area contributed by atoms with E-state index < -0.39 is 0 Å². The highest BCUT2D eigenvalue weighted by Gasteiger charge is 2.12. The molecule has 0 aromatic heterocycles. The molecule has 1 N–H and O–H groups in total. The first kappa shape index (κ1) is 10.5. The number of carbonyl (C=O) groups excluding carboxylic acids is 1. The van der Waals surface area contributed by atoms with Crippen LogP contribution in [0.1, 0.15) is 39.5 Å². The Labute approximate surface area is 70.2 Å². The van der Waals surface area contributed by atoms with Gasteiger partial charge in [0.05, 0.1) is 0 Å². The minimum absolute atomic E-state index is 0.195. The van der Waals surface area contributed by atoms with E-state index in [4.69, 9.17) is 0 Å². The highest BCUT2D eigenvalue weighted by atomic mass is 16.1. The van der Waals surface area contributed by atoms with E-state index in [-0.39, 0.29) is 11.8 Å². The minimum Gasteiger partial charge on any atom is -0.406 e. The van der Waals surface area contributed by atoms with Crippen molar-refractivity contribution in [2.75, 3.05) is 0 Å². The summed E-state index contributed by atoms with van der Waals surface area (Å²) in [6.07, 6.45) is 4.33. The number of nitrogens with one attached hydrogen (secondary N) is 1. The summed E-state index contributed by atoms with van der Waals surface area (Å²) < 4.78 is 0. The average molecular weight is 155 g/mol. The first-order valence-corrected chi connectivity index (χ1v) is 4.47. The molecule has 0 radical (unpaired) electrons. The highest BCUT2D eigenvalue weighted by molar-refractivity contribution is 6.14. The van der Waals surface area contributed by atoms with Crippen molar-refractivity contribution in [1.29, 1.82) is 0 Å². The second kappa shape index (κ2) is 6.26. The van der Waals surface area contributed by atoms with Gasteiger partial charge in [0, 0.05) is 5.92 Å². The molecule has 1 amide bonds. The molecule has 0 spiro atoms. The van der Waals surface area contributed by atoms with Crippen molar-refractivity contribution >= 4 is 13.9 Å². The highest BCUT2D eigenvalue weighted by Crippen LogP contribution is 2.11. The summed E-state index contributed by atoms with van der Waals surface area (Å²) in [4.78, 5) is 11.1. The average Bonchev–Trinajstić information content (AvgIpc) is 2.05. The number of amides is 1. The van der Waals surface area contributed by atoms with E-state index in [1.165, 1.54) is 6.42 Å². The van der Waals surface area contributed by atoms with Crippen LogP contribution >= 0.6 is 0 Å². The monoisotopic (exact) mass is 155 g/mol. The molecule has 0 heterocycles. The van der Waals surface area contributed by atoms with Gasteiger partial charge >= 0.3 is 0 Å². The molecule has 0 aliphatic heterocycles. The predicted octanol–water partition coefficient (Wildman–Crippen LogP) is 0.867. The lowest BCUT2D eigenvalue weighted by molar-refractivity contribution is -0.123. The molecule has 0 aromatic carbocycles. The molecule has 0 rings (SSSR count). The van der Waals surface area contributed by atoms with E-state index >= 15 is 0 Å². The normalized spacial score (nSPS) is 12.5. The third-order valence-electron chi connectivity index (χ3n) is 2.02. The first-order chi connectivity index (χ1) is 5.26. The van der Waals surface area contributed by atoms with Crippen LogP contribution in [0.2, 0.25) is 0 Å². The summed E-state index contributed by atoms with van der Waals surface area (Å²) in [5.74, 6) is 0.431. The molecule has 11 heavy (non-hydrogen) atoms. The Morgan fingerprint density at radius 2 is 2.18 bits per heavy atom. The molecule has 0 fully saturated rings. The zero-order chi connectivity index (χ0) is 8.69. The zero-order valence-corrected chi connectivity index (χ0v) is 7.81. The molecular weight excluding hydrogens is 137 g/mol. The van der Waals surface area contributed by atoms with Crippen molar-refractivity contribution in [2.24, 2.45) is 5.92 Å². The molecule has 1 unspecified atom stereocenters. The van der Waals surface area contributed by atoms with Crippen LogP contribution in [-0.4, -0.2) is 13.9 Å². The zero-order valence-electron chi connectivity index (χ0n) is 7.81. The van der Waals surface area contributed by atoms with Gasteiger partial charge in [-0.25, -0.2) is 0 Å². The molecule has 0 aliphatic rings. The lowest BCUT2D eigenvalue weighted by atomic mass is 9.98. The van der Waals surface area contributed by atoms with Gasteiger partial charge in [0.1, 0.15) is 0 Å². The van der Waals surface area contributed by atoms with Crippen molar-refractivity contribution in [2.45, 2.75) is 39.5 Å². The first-order valence-electron chi connectivity index (χ1n) is 4.47. The Bertz CT molecular complexity index is 117. The molecule has 2 nitrogen and oxygen atoms in total. The van der Waals surface area contributed by atoms with Crippen LogP contribution in [0, 0.1) is 5.92 Å². The van der Waals surface area contributed by atoms with Crippen LogP contribution in [0.5, 0.6) is 0 Å². The summed E-state index contributed by atoms with van der Waals surface area (Å²) in [7, 11) is 1.71. The number of rotatable bonds is 5. The maximum Gasteiger partial charge on any atom is 0.217 e. The lowest BCUT2D eigenvalue weighted by Gasteiger charge is -2.11. The molecule has 0 saturated heterocycles. The third kappa shape index (κ3) is 4.07. The Kier molecular flexibility index (Phi) is 5.99. The second-order valence-corrected chi connectivity index (χ2v) is 2.86.